The zero-order valence-electron chi connectivity index (χ0n) is 10.7. The van der Waals surface area contributed by atoms with E-state index in [-0.39, 0.29) is 11.6 Å². The molecule has 2 heteroatoms. The number of hydrogen-bond acceptors (Lipinski definition) is 2. The van der Waals surface area contributed by atoms with Crippen molar-refractivity contribution in [2.75, 3.05) is 0 Å². The minimum atomic E-state index is -0.169. The number of nitrogens with two attached hydrogens (primary N) is 2. The second kappa shape index (κ2) is 3.02. The van der Waals surface area contributed by atoms with Crippen molar-refractivity contribution in [2.24, 2.45) is 35.1 Å². The smallest absolute Gasteiger partial charge is 0.0511 e. The maximum Gasteiger partial charge on any atom is 0.0511 e. The molecule has 19 heavy (non-hydrogen) atoms. The van der Waals surface area contributed by atoms with E-state index in [1.807, 2.05) is 0 Å². The SMILES string of the molecule is NC1C2C3C=CC=CC3C3c4ccccc4C2(N)C13. The highest BCUT2D eigenvalue weighted by Gasteiger charge is 2.73. The molecule has 7 unspecified atom stereocenters. The molecule has 2 saturated carbocycles. The third kappa shape index (κ3) is 0.906. The lowest BCUT2D eigenvalue weighted by atomic mass is 9.42. The lowest BCUT2D eigenvalue weighted by Gasteiger charge is -2.65. The predicted molar refractivity (Wildman–Crippen MR) is 75.3 cm³/mol. The van der Waals surface area contributed by atoms with E-state index >= 15 is 0 Å². The summed E-state index contributed by atoms with van der Waals surface area (Å²) >= 11 is 0. The van der Waals surface area contributed by atoms with Crippen molar-refractivity contribution in [3.8, 4) is 0 Å². The summed E-state index contributed by atoms with van der Waals surface area (Å²) < 4.78 is 0. The Bertz CT molecular complexity index is 632. The van der Waals surface area contributed by atoms with Gasteiger partial charge in [-0.05, 0) is 28.9 Å². The highest BCUT2D eigenvalue weighted by atomic mass is 15.0. The third-order valence-electron chi connectivity index (χ3n) is 6.16. The fraction of sp³-hybridized carbons (Fsp3) is 0.412. The number of allylic oxidation sites excluding steroid dienone is 4. The van der Waals surface area contributed by atoms with Crippen molar-refractivity contribution in [1.29, 1.82) is 0 Å². The Morgan fingerprint density at radius 1 is 0.947 bits per heavy atom. The third-order valence-corrected chi connectivity index (χ3v) is 6.16. The molecule has 0 amide bonds. The van der Waals surface area contributed by atoms with Gasteiger partial charge in [0.25, 0.3) is 0 Å². The van der Waals surface area contributed by atoms with Crippen LogP contribution in [-0.2, 0) is 5.54 Å². The van der Waals surface area contributed by atoms with E-state index in [0.29, 0.717) is 29.6 Å². The molecule has 4 bridgehead atoms. The zero-order valence-corrected chi connectivity index (χ0v) is 10.7. The zero-order chi connectivity index (χ0) is 12.8. The first-order valence-corrected chi connectivity index (χ1v) is 7.23. The van der Waals surface area contributed by atoms with Crippen molar-refractivity contribution in [2.45, 2.75) is 17.5 Å². The van der Waals surface area contributed by atoms with Gasteiger partial charge in [-0.3, -0.25) is 0 Å². The fourth-order valence-corrected chi connectivity index (χ4v) is 5.62. The molecule has 5 rings (SSSR count). The van der Waals surface area contributed by atoms with Crippen LogP contribution < -0.4 is 11.5 Å². The number of rotatable bonds is 0. The molecule has 96 valence electrons. The molecule has 0 heterocycles. The van der Waals surface area contributed by atoms with Crippen LogP contribution in [0, 0.1) is 23.7 Å². The molecular weight excluding hydrogens is 232 g/mol. The molecule has 4 aliphatic rings. The van der Waals surface area contributed by atoms with E-state index in [2.05, 4.69) is 48.6 Å². The fourth-order valence-electron chi connectivity index (χ4n) is 5.62. The van der Waals surface area contributed by atoms with Gasteiger partial charge in [0.2, 0.25) is 0 Å². The number of fused-ring (bicyclic) bond motifs is 5. The van der Waals surface area contributed by atoms with Gasteiger partial charge in [0, 0.05) is 17.9 Å². The second-order valence-corrected chi connectivity index (χ2v) is 6.60. The van der Waals surface area contributed by atoms with Crippen LogP contribution in [0.4, 0.5) is 0 Å². The number of hydrogen-bond donors (Lipinski definition) is 2. The Morgan fingerprint density at radius 2 is 1.68 bits per heavy atom. The van der Waals surface area contributed by atoms with Crippen molar-refractivity contribution >= 4 is 0 Å². The largest absolute Gasteiger partial charge is 0.327 e. The quantitative estimate of drug-likeness (QED) is 0.738. The molecule has 1 aromatic carbocycles. The molecule has 0 saturated heterocycles. The molecular formula is C17H18N2. The molecule has 0 radical (unpaired) electrons. The normalized spacial score (nSPS) is 51.5. The second-order valence-electron chi connectivity index (χ2n) is 6.60. The molecule has 1 aromatic rings. The van der Waals surface area contributed by atoms with Gasteiger partial charge in [0.1, 0.15) is 0 Å². The monoisotopic (exact) mass is 250 g/mol. The van der Waals surface area contributed by atoms with Gasteiger partial charge in [0.15, 0.2) is 0 Å². The Kier molecular flexibility index (Phi) is 1.66. The summed E-state index contributed by atoms with van der Waals surface area (Å²) in [6, 6.07) is 9.02. The van der Waals surface area contributed by atoms with Crippen LogP contribution in [0.25, 0.3) is 0 Å². The van der Waals surface area contributed by atoms with Gasteiger partial charge >= 0.3 is 0 Å². The Balaban J connectivity index is 1.80. The summed E-state index contributed by atoms with van der Waals surface area (Å²) in [5.74, 6) is 2.48. The first kappa shape index (κ1) is 10.4. The maximum atomic E-state index is 6.86. The Morgan fingerprint density at radius 3 is 2.53 bits per heavy atom. The van der Waals surface area contributed by atoms with Crippen LogP contribution in [0.1, 0.15) is 17.0 Å². The average Bonchev–Trinajstić information content (AvgIpc) is 2.63. The van der Waals surface area contributed by atoms with E-state index in [9.17, 15) is 0 Å². The van der Waals surface area contributed by atoms with Crippen LogP contribution in [0.2, 0.25) is 0 Å². The molecule has 4 N–H and O–H groups in total. The molecule has 2 fully saturated rings. The summed E-state index contributed by atoms with van der Waals surface area (Å²) in [6.07, 6.45) is 9.07. The molecule has 0 spiro atoms. The number of benzene rings is 1. The van der Waals surface area contributed by atoms with E-state index in [4.69, 9.17) is 11.5 Å². The standard InChI is InChI=1S/C17H18N2/c18-16-14-10-6-2-1-5-9(10)13-11-7-3-4-8-12(11)17(14,19)15(13)16/h1-10,13-16H,18-19H2. The summed E-state index contributed by atoms with van der Waals surface area (Å²) in [6.45, 7) is 0. The molecule has 4 aliphatic carbocycles. The summed E-state index contributed by atoms with van der Waals surface area (Å²) in [5.41, 5.74) is 16.0. The highest BCUT2D eigenvalue weighted by Crippen LogP contribution is 2.71. The summed E-state index contributed by atoms with van der Waals surface area (Å²) in [5, 5.41) is 0. The van der Waals surface area contributed by atoms with Crippen molar-refractivity contribution in [3.63, 3.8) is 0 Å². The van der Waals surface area contributed by atoms with Gasteiger partial charge in [-0.25, -0.2) is 0 Å². The van der Waals surface area contributed by atoms with Crippen molar-refractivity contribution in [3.05, 3.63) is 59.7 Å². The van der Waals surface area contributed by atoms with Crippen LogP contribution in [-0.4, -0.2) is 6.04 Å². The van der Waals surface area contributed by atoms with E-state index < -0.39 is 0 Å². The van der Waals surface area contributed by atoms with Crippen LogP contribution in [0.5, 0.6) is 0 Å². The lowest BCUT2D eigenvalue weighted by molar-refractivity contribution is -0.0934. The van der Waals surface area contributed by atoms with E-state index in [1.54, 1.807) is 0 Å². The first-order valence-electron chi connectivity index (χ1n) is 7.23. The topological polar surface area (TPSA) is 52.0 Å². The van der Waals surface area contributed by atoms with Gasteiger partial charge in [-0.15, -0.1) is 0 Å². The van der Waals surface area contributed by atoms with Crippen molar-refractivity contribution in [1.82, 2.24) is 0 Å². The molecule has 7 atom stereocenters. The predicted octanol–water partition coefficient (Wildman–Crippen LogP) is 1.88. The summed E-state index contributed by atoms with van der Waals surface area (Å²) in [4.78, 5) is 0. The molecule has 0 aromatic heterocycles. The van der Waals surface area contributed by atoms with Gasteiger partial charge < -0.3 is 11.5 Å². The minimum Gasteiger partial charge on any atom is -0.327 e. The van der Waals surface area contributed by atoms with E-state index in [1.165, 1.54) is 11.1 Å². The lowest BCUT2D eigenvalue weighted by Crippen LogP contribution is -2.76. The van der Waals surface area contributed by atoms with Crippen LogP contribution in [0.3, 0.4) is 0 Å². The minimum absolute atomic E-state index is 0.169. The van der Waals surface area contributed by atoms with E-state index in [0.717, 1.165) is 0 Å². The van der Waals surface area contributed by atoms with Gasteiger partial charge in [0.05, 0.1) is 5.54 Å². The average molecular weight is 250 g/mol. The van der Waals surface area contributed by atoms with Crippen LogP contribution in [0.15, 0.2) is 48.6 Å². The van der Waals surface area contributed by atoms with Crippen molar-refractivity contribution < 1.29 is 0 Å². The molecule has 2 nitrogen and oxygen atoms in total. The Labute approximate surface area is 113 Å². The van der Waals surface area contributed by atoms with Gasteiger partial charge in [-0.1, -0.05) is 48.6 Å². The maximum absolute atomic E-state index is 6.86. The summed E-state index contributed by atoms with van der Waals surface area (Å²) in [7, 11) is 0. The van der Waals surface area contributed by atoms with Crippen LogP contribution >= 0.6 is 0 Å². The highest BCUT2D eigenvalue weighted by molar-refractivity contribution is 5.53. The Hall–Kier alpha value is -1.38. The van der Waals surface area contributed by atoms with Gasteiger partial charge in [-0.2, -0.15) is 0 Å². The molecule has 0 aliphatic heterocycles. The first-order chi connectivity index (χ1) is 9.24.